The van der Waals surface area contributed by atoms with Gasteiger partial charge < -0.3 is 10.2 Å². The minimum absolute atomic E-state index is 0.891. The SMILES string of the molecule is CN(CCCCCCNC1CC1)C1CCCCC1. The molecule has 2 aliphatic carbocycles. The van der Waals surface area contributed by atoms with Gasteiger partial charge in [0.1, 0.15) is 0 Å². The highest BCUT2D eigenvalue weighted by molar-refractivity contribution is 4.80. The maximum atomic E-state index is 3.60. The number of unbranched alkanes of at least 4 members (excludes halogenated alkanes) is 3. The van der Waals surface area contributed by atoms with Crippen LogP contribution in [-0.4, -0.2) is 37.1 Å². The van der Waals surface area contributed by atoms with Crippen molar-refractivity contribution in [2.75, 3.05) is 20.1 Å². The molecule has 2 fully saturated rings. The summed E-state index contributed by atoms with van der Waals surface area (Å²) in [6, 6.07) is 1.79. The fourth-order valence-corrected chi connectivity index (χ4v) is 3.14. The first-order valence-corrected chi connectivity index (χ1v) is 8.30. The van der Waals surface area contributed by atoms with Gasteiger partial charge in [-0.1, -0.05) is 32.1 Å². The molecule has 1 N–H and O–H groups in total. The molecule has 18 heavy (non-hydrogen) atoms. The first-order valence-electron chi connectivity index (χ1n) is 8.30. The smallest absolute Gasteiger partial charge is 0.00922 e. The molecule has 2 nitrogen and oxygen atoms in total. The summed E-state index contributed by atoms with van der Waals surface area (Å²) in [4.78, 5) is 2.63. The molecule has 2 aliphatic rings. The average Bonchev–Trinajstić information content (AvgIpc) is 3.22. The number of nitrogens with zero attached hydrogens (tertiary/aromatic N) is 1. The summed E-state index contributed by atoms with van der Waals surface area (Å²) in [6.45, 7) is 2.57. The second kappa shape index (κ2) is 8.16. The van der Waals surface area contributed by atoms with E-state index in [1.807, 2.05) is 0 Å². The van der Waals surface area contributed by atoms with Crippen LogP contribution in [0.3, 0.4) is 0 Å². The first-order chi connectivity index (χ1) is 8.86. The Hall–Kier alpha value is -0.0800. The molecular formula is C16H32N2. The van der Waals surface area contributed by atoms with Crippen molar-refractivity contribution in [3.8, 4) is 0 Å². The summed E-state index contributed by atoms with van der Waals surface area (Å²) in [6.07, 6.45) is 15.7. The number of hydrogen-bond donors (Lipinski definition) is 1. The topological polar surface area (TPSA) is 15.3 Å². The molecule has 0 bridgehead atoms. The van der Waals surface area contributed by atoms with Crippen LogP contribution >= 0.6 is 0 Å². The van der Waals surface area contributed by atoms with Gasteiger partial charge in [-0.15, -0.1) is 0 Å². The Kier molecular flexibility index (Phi) is 6.50. The standard InChI is InChI=1S/C16H32N2/c1-18(16-9-5-4-6-10-16)14-8-3-2-7-13-17-15-11-12-15/h15-17H,2-14H2,1H3. The van der Waals surface area contributed by atoms with E-state index < -0.39 is 0 Å². The quantitative estimate of drug-likeness (QED) is 0.631. The lowest BCUT2D eigenvalue weighted by atomic mass is 9.94. The lowest BCUT2D eigenvalue weighted by Gasteiger charge is -2.31. The fraction of sp³-hybridized carbons (Fsp3) is 1.00. The molecule has 0 saturated heterocycles. The Labute approximate surface area is 114 Å². The zero-order valence-electron chi connectivity index (χ0n) is 12.3. The van der Waals surface area contributed by atoms with Gasteiger partial charge in [-0.2, -0.15) is 0 Å². The van der Waals surface area contributed by atoms with E-state index in [-0.39, 0.29) is 0 Å². The van der Waals surface area contributed by atoms with Crippen LogP contribution in [0.4, 0.5) is 0 Å². The van der Waals surface area contributed by atoms with E-state index in [4.69, 9.17) is 0 Å². The summed E-state index contributed by atoms with van der Waals surface area (Å²) in [7, 11) is 2.34. The molecule has 0 aromatic rings. The number of nitrogens with one attached hydrogen (secondary N) is 1. The molecule has 0 aromatic heterocycles. The van der Waals surface area contributed by atoms with Crippen molar-refractivity contribution in [3.05, 3.63) is 0 Å². The second-order valence-corrected chi connectivity index (χ2v) is 6.42. The molecule has 0 unspecified atom stereocenters. The zero-order chi connectivity index (χ0) is 12.6. The summed E-state index contributed by atoms with van der Waals surface area (Å²) < 4.78 is 0. The van der Waals surface area contributed by atoms with Crippen molar-refractivity contribution in [1.29, 1.82) is 0 Å². The van der Waals surface area contributed by atoms with E-state index in [2.05, 4.69) is 17.3 Å². The first kappa shape index (κ1) is 14.3. The van der Waals surface area contributed by atoms with E-state index in [9.17, 15) is 0 Å². The maximum Gasteiger partial charge on any atom is 0.00922 e. The van der Waals surface area contributed by atoms with Crippen LogP contribution in [0.5, 0.6) is 0 Å². The predicted octanol–water partition coefficient (Wildman–Crippen LogP) is 3.56. The van der Waals surface area contributed by atoms with Crippen LogP contribution in [0.25, 0.3) is 0 Å². The third-order valence-corrected chi connectivity index (χ3v) is 4.65. The molecule has 0 amide bonds. The molecule has 0 aliphatic heterocycles. The van der Waals surface area contributed by atoms with Crippen molar-refractivity contribution >= 4 is 0 Å². The minimum Gasteiger partial charge on any atom is -0.314 e. The molecule has 2 rings (SSSR count). The lowest BCUT2D eigenvalue weighted by Crippen LogP contribution is -2.34. The Morgan fingerprint density at radius 3 is 2.33 bits per heavy atom. The number of hydrogen-bond acceptors (Lipinski definition) is 2. The van der Waals surface area contributed by atoms with Crippen LogP contribution in [0.2, 0.25) is 0 Å². The van der Waals surface area contributed by atoms with Crippen molar-refractivity contribution < 1.29 is 0 Å². The van der Waals surface area contributed by atoms with Crippen molar-refractivity contribution in [2.45, 2.75) is 82.7 Å². The van der Waals surface area contributed by atoms with E-state index in [0.29, 0.717) is 0 Å². The van der Waals surface area contributed by atoms with Crippen LogP contribution in [-0.2, 0) is 0 Å². The Morgan fingerprint density at radius 1 is 0.889 bits per heavy atom. The summed E-state index contributed by atoms with van der Waals surface area (Å²) in [5, 5.41) is 3.60. The molecule has 0 aromatic carbocycles. The lowest BCUT2D eigenvalue weighted by molar-refractivity contribution is 0.188. The second-order valence-electron chi connectivity index (χ2n) is 6.42. The normalized spacial score (nSPS) is 21.7. The molecule has 106 valence electrons. The van der Waals surface area contributed by atoms with Gasteiger partial charge in [0.2, 0.25) is 0 Å². The molecule has 0 atom stereocenters. The minimum atomic E-state index is 0.891. The van der Waals surface area contributed by atoms with Crippen LogP contribution in [0, 0.1) is 0 Å². The molecule has 0 radical (unpaired) electrons. The highest BCUT2D eigenvalue weighted by Crippen LogP contribution is 2.22. The van der Waals surface area contributed by atoms with Crippen molar-refractivity contribution in [3.63, 3.8) is 0 Å². The van der Waals surface area contributed by atoms with Crippen LogP contribution in [0.15, 0.2) is 0 Å². The van der Waals surface area contributed by atoms with Crippen molar-refractivity contribution in [2.24, 2.45) is 0 Å². The van der Waals surface area contributed by atoms with Crippen LogP contribution in [0.1, 0.15) is 70.6 Å². The third-order valence-electron chi connectivity index (χ3n) is 4.65. The van der Waals surface area contributed by atoms with Gasteiger partial charge in [-0.3, -0.25) is 0 Å². The summed E-state index contributed by atoms with van der Waals surface area (Å²) in [5.41, 5.74) is 0. The van der Waals surface area contributed by atoms with Crippen molar-refractivity contribution in [1.82, 2.24) is 10.2 Å². The van der Waals surface area contributed by atoms with Gasteiger partial charge >= 0.3 is 0 Å². The maximum absolute atomic E-state index is 3.60. The zero-order valence-corrected chi connectivity index (χ0v) is 12.3. The molecular weight excluding hydrogens is 220 g/mol. The van der Waals surface area contributed by atoms with E-state index in [1.54, 1.807) is 0 Å². The van der Waals surface area contributed by atoms with E-state index in [1.165, 1.54) is 83.7 Å². The Morgan fingerprint density at radius 2 is 1.61 bits per heavy atom. The van der Waals surface area contributed by atoms with Gasteiger partial charge in [-0.05, 0) is 58.7 Å². The summed E-state index contributed by atoms with van der Waals surface area (Å²) >= 11 is 0. The van der Waals surface area contributed by atoms with Gasteiger partial charge in [-0.25, -0.2) is 0 Å². The Bertz CT molecular complexity index is 207. The monoisotopic (exact) mass is 252 g/mol. The van der Waals surface area contributed by atoms with E-state index in [0.717, 1.165) is 12.1 Å². The summed E-state index contributed by atoms with van der Waals surface area (Å²) in [5.74, 6) is 0. The highest BCUT2D eigenvalue weighted by Gasteiger charge is 2.19. The van der Waals surface area contributed by atoms with Gasteiger partial charge in [0.25, 0.3) is 0 Å². The molecule has 0 heterocycles. The Balaban J connectivity index is 1.39. The highest BCUT2D eigenvalue weighted by atomic mass is 15.1. The van der Waals surface area contributed by atoms with Gasteiger partial charge in [0.15, 0.2) is 0 Å². The third kappa shape index (κ3) is 5.71. The van der Waals surface area contributed by atoms with E-state index >= 15 is 0 Å². The fourth-order valence-electron chi connectivity index (χ4n) is 3.14. The van der Waals surface area contributed by atoms with Gasteiger partial charge in [0, 0.05) is 12.1 Å². The van der Waals surface area contributed by atoms with Crippen LogP contribution < -0.4 is 5.32 Å². The van der Waals surface area contributed by atoms with Gasteiger partial charge in [0.05, 0.1) is 0 Å². The molecule has 2 saturated carbocycles. The predicted molar refractivity (Wildman–Crippen MR) is 79.0 cm³/mol. The largest absolute Gasteiger partial charge is 0.314 e. The molecule has 2 heteroatoms. The average molecular weight is 252 g/mol. The molecule has 0 spiro atoms. The number of rotatable bonds is 9.